The highest BCUT2D eigenvalue weighted by Gasteiger charge is 2.24. The molecule has 0 saturated heterocycles. The van der Waals surface area contributed by atoms with Crippen LogP contribution in [0.1, 0.15) is 31.2 Å². The maximum Gasteiger partial charge on any atom is 0.152 e. The molecule has 0 amide bonds. The van der Waals surface area contributed by atoms with Gasteiger partial charge in [0.1, 0.15) is 0 Å². The predicted molar refractivity (Wildman–Crippen MR) is 65.4 cm³/mol. The van der Waals surface area contributed by atoms with Crippen molar-refractivity contribution < 1.29 is 4.79 Å². The van der Waals surface area contributed by atoms with Crippen molar-refractivity contribution in [3.8, 4) is 11.8 Å². The molecule has 1 N–H and O–H groups in total. The van der Waals surface area contributed by atoms with Crippen LogP contribution in [0.3, 0.4) is 0 Å². The van der Waals surface area contributed by atoms with E-state index < -0.39 is 0 Å². The Morgan fingerprint density at radius 2 is 2.31 bits per heavy atom. The molecule has 0 fully saturated rings. The summed E-state index contributed by atoms with van der Waals surface area (Å²) in [4.78, 5) is 12.0. The zero-order valence-corrected chi connectivity index (χ0v) is 9.42. The van der Waals surface area contributed by atoms with E-state index in [9.17, 15) is 4.79 Å². The van der Waals surface area contributed by atoms with E-state index in [1.165, 1.54) is 0 Å². The Bertz CT molecular complexity index is 453. The molecule has 82 valence electrons. The summed E-state index contributed by atoms with van der Waals surface area (Å²) in [7, 11) is 0. The molecular weight excluding hydrogens is 198 g/mol. The van der Waals surface area contributed by atoms with Gasteiger partial charge in [0, 0.05) is 18.2 Å². The van der Waals surface area contributed by atoms with Crippen LogP contribution in [0.4, 0.5) is 5.69 Å². The van der Waals surface area contributed by atoms with Crippen LogP contribution in [-0.4, -0.2) is 12.3 Å². The molecule has 1 aromatic carbocycles. The number of anilines is 1. The van der Waals surface area contributed by atoms with Crippen LogP contribution < -0.4 is 5.32 Å². The van der Waals surface area contributed by atoms with Gasteiger partial charge in [-0.2, -0.15) is 0 Å². The van der Waals surface area contributed by atoms with Crippen molar-refractivity contribution >= 4 is 11.5 Å². The molecule has 1 aliphatic rings. The third kappa shape index (κ3) is 2.09. The van der Waals surface area contributed by atoms with E-state index in [4.69, 9.17) is 0 Å². The maximum atomic E-state index is 12.0. The van der Waals surface area contributed by atoms with Crippen molar-refractivity contribution in [2.24, 2.45) is 0 Å². The van der Waals surface area contributed by atoms with Gasteiger partial charge in [-0.25, -0.2) is 0 Å². The highest BCUT2D eigenvalue weighted by molar-refractivity contribution is 5.89. The summed E-state index contributed by atoms with van der Waals surface area (Å²) in [5.74, 6) is 5.90. The standard InChI is InChI=1S/C14H15NO/c1-2-3-8-14(16)12-9-10-15-13-7-5-4-6-11(12)13/h4-7,12,15H,8-10H2,1H3. The lowest BCUT2D eigenvalue weighted by molar-refractivity contribution is -0.119. The number of para-hydroxylation sites is 1. The quantitative estimate of drug-likeness (QED) is 0.765. The fourth-order valence-corrected chi connectivity index (χ4v) is 2.10. The van der Waals surface area contributed by atoms with Crippen molar-refractivity contribution in [3.63, 3.8) is 0 Å². The second-order valence-electron chi connectivity index (χ2n) is 3.93. The van der Waals surface area contributed by atoms with Crippen LogP contribution in [0.2, 0.25) is 0 Å². The second kappa shape index (κ2) is 4.85. The highest BCUT2D eigenvalue weighted by Crippen LogP contribution is 2.32. The zero-order valence-electron chi connectivity index (χ0n) is 9.42. The first-order chi connectivity index (χ1) is 7.83. The minimum absolute atomic E-state index is 0.0262. The summed E-state index contributed by atoms with van der Waals surface area (Å²) in [5, 5.41) is 3.32. The number of fused-ring (bicyclic) bond motifs is 1. The van der Waals surface area contributed by atoms with Crippen LogP contribution in [0.15, 0.2) is 24.3 Å². The van der Waals surface area contributed by atoms with E-state index in [0.717, 1.165) is 24.2 Å². The summed E-state index contributed by atoms with van der Waals surface area (Å²) in [6.07, 6.45) is 1.25. The van der Waals surface area contributed by atoms with Gasteiger partial charge in [-0.3, -0.25) is 4.79 Å². The topological polar surface area (TPSA) is 29.1 Å². The van der Waals surface area contributed by atoms with E-state index in [0.29, 0.717) is 6.42 Å². The summed E-state index contributed by atoms with van der Waals surface area (Å²) < 4.78 is 0. The summed E-state index contributed by atoms with van der Waals surface area (Å²) in [6.45, 7) is 2.64. The Labute approximate surface area is 96.1 Å². The fourth-order valence-electron chi connectivity index (χ4n) is 2.10. The van der Waals surface area contributed by atoms with E-state index in [1.54, 1.807) is 6.92 Å². The van der Waals surface area contributed by atoms with E-state index >= 15 is 0 Å². The van der Waals surface area contributed by atoms with Gasteiger partial charge < -0.3 is 5.32 Å². The SMILES string of the molecule is CC#CCC(=O)C1CCNc2ccccc21. The Balaban J connectivity index is 2.23. The number of hydrogen-bond donors (Lipinski definition) is 1. The summed E-state index contributed by atoms with van der Waals surface area (Å²) in [6, 6.07) is 8.03. The van der Waals surface area contributed by atoms with Gasteiger partial charge in [0.05, 0.1) is 6.42 Å². The number of carbonyl (C=O) groups is 1. The summed E-state index contributed by atoms with van der Waals surface area (Å²) in [5.41, 5.74) is 2.22. The van der Waals surface area contributed by atoms with Gasteiger partial charge in [0.25, 0.3) is 0 Å². The zero-order chi connectivity index (χ0) is 11.4. The number of hydrogen-bond acceptors (Lipinski definition) is 2. The first-order valence-corrected chi connectivity index (χ1v) is 5.58. The lowest BCUT2D eigenvalue weighted by atomic mass is 9.86. The molecule has 0 aromatic heterocycles. The maximum absolute atomic E-state index is 12.0. The molecule has 0 radical (unpaired) electrons. The number of ketones is 1. The lowest BCUT2D eigenvalue weighted by Crippen LogP contribution is -2.22. The second-order valence-corrected chi connectivity index (χ2v) is 3.93. The molecule has 1 heterocycles. The van der Waals surface area contributed by atoms with E-state index in [-0.39, 0.29) is 11.7 Å². The molecule has 1 atom stereocenters. The highest BCUT2D eigenvalue weighted by atomic mass is 16.1. The predicted octanol–water partition coefficient (Wildman–Crippen LogP) is 2.57. The minimum Gasteiger partial charge on any atom is -0.385 e. The van der Waals surface area contributed by atoms with E-state index in [1.807, 2.05) is 24.3 Å². The first-order valence-electron chi connectivity index (χ1n) is 5.58. The minimum atomic E-state index is 0.0262. The molecule has 0 saturated carbocycles. The Morgan fingerprint density at radius 1 is 1.50 bits per heavy atom. The molecule has 2 rings (SSSR count). The molecule has 0 aliphatic carbocycles. The average Bonchev–Trinajstić information content (AvgIpc) is 2.35. The van der Waals surface area contributed by atoms with Crippen molar-refractivity contribution in [1.82, 2.24) is 0 Å². The lowest BCUT2D eigenvalue weighted by Gasteiger charge is -2.25. The largest absolute Gasteiger partial charge is 0.385 e. The Morgan fingerprint density at radius 3 is 3.12 bits per heavy atom. The average molecular weight is 213 g/mol. The molecule has 1 aromatic rings. The summed E-state index contributed by atoms with van der Waals surface area (Å²) >= 11 is 0. The van der Waals surface area contributed by atoms with Gasteiger partial charge in [0.2, 0.25) is 0 Å². The van der Waals surface area contributed by atoms with Gasteiger partial charge in [0.15, 0.2) is 5.78 Å². The molecule has 0 spiro atoms. The first kappa shape index (κ1) is 10.8. The van der Waals surface area contributed by atoms with Crippen molar-refractivity contribution in [3.05, 3.63) is 29.8 Å². The van der Waals surface area contributed by atoms with Crippen molar-refractivity contribution in [2.75, 3.05) is 11.9 Å². The number of rotatable bonds is 2. The van der Waals surface area contributed by atoms with Gasteiger partial charge in [-0.15, -0.1) is 5.92 Å². The van der Waals surface area contributed by atoms with Crippen LogP contribution in [0, 0.1) is 11.8 Å². The number of carbonyl (C=O) groups excluding carboxylic acids is 1. The molecule has 1 unspecified atom stereocenters. The third-order valence-corrected chi connectivity index (χ3v) is 2.91. The molecule has 0 bridgehead atoms. The monoisotopic (exact) mass is 213 g/mol. The molecule has 1 aliphatic heterocycles. The number of Topliss-reactive ketones (excluding diaryl/α,β-unsaturated/α-hetero) is 1. The molecular formula is C14H15NO. The van der Waals surface area contributed by atoms with Crippen LogP contribution >= 0.6 is 0 Å². The van der Waals surface area contributed by atoms with Gasteiger partial charge in [-0.1, -0.05) is 24.1 Å². The Kier molecular flexibility index (Phi) is 3.26. The normalized spacial score (nSPS) is 17.7. The molecule has 2 heteroatoms. The molecule has 2 nitrogen and oxygen atoms in total. The number of benzene rings is 1. The van der Waals surface area contributed by atoms with Crippen molar-refractivity contribution in [2.45, 2.75) is 25.7 Å². The van der Waals surface area contributed by atoms with Crippen LogP contribution in [0.25, 0.3) is 0 Å². The smallest absolute Gasteiger partial charge is 0.152 e. The van der Waals surface area contributed by atoms with Crippen molar-refractivity contribution in [1.29, 1.82) is 0 Å². The molecule has 16 heavy (non-hydrogen) atoms. The van der Waals surface area contributed by atoms with Crippen LogP contribution in [-0.2, 0) is 4.79 Å². The van der Waals surface area contributed by atoms with Gasteiger partial charge >= 0.3 is 0 Å². The fraction of sp³-hybridized carbons (Fsp3) is 0.357. The van der Waals surface area contributed by atoms with Gasteiger partial charge in [-0.05, 0) is 25.0 Å². The third-order valence-electron chi connectivity index (χ3n) is 2.91. The number of nitrogens with one attached hydrogen (secondary N) is 1. The van der Waals surface area contributed by atoms with Crippen LogP contribution in [0.5, 0.6) is 0 Å². The Hall–Kier alpha value is -1.75. The van der Waals surface area contributed by atoms with E-state index in [2.05, 4.69) is 17.2 Å².